The standard InChI is InChI=1S/C14H27N3/c15-12-5-8-16(9-6-12)14-7-10-17(11-14)13-3-1-2-4-13/h12-14H,1-11,15H2. The van der Waals surface area contributed by atoms with Crippen molar-refractivity contribution in [2.75, 3.05) is 26.2 Å². The quantitative estimate of drug-likeness (QED) is 0.788. The molecule has 0 spiro atoms. The Morgan fingerprint density at radius 1 is 0.706 bits per heavy atom. The number of hydrogen-bond donors (Lipinski definition) is 1. The lowest BCUT2D eigenvalue weighted by atomic mass is 10.0. The molecule has 0 aromatic heterocycles. The minimum Gasteiger partial charge on any atom is -0.328 e. The second-order valence-electron chi connectivity index (χ2n) is 6.25. The first-order valence-electron chi connectivity index (χ1n) is 7.56. The Labute approximate surface area is 105 Å². The van der Waals surface area contributed by atoms with E-state index in [1.54, 1.807) is 0 Å². The summed E-state index contributed by atoms with van der Waals surface area (Å²) in [7, 11) is 0. The predicted octanol–water partition coefficient (Wildman–Crippen LogP) is 1.43. The van der Waals surface area contributed by atoms with E-state index in [9.17, 15) is 0 Å². The van der Waals surface area contributed by atoms with Crippen LogP contribution in [0.3, 0.4) is 0 Å². The maximum Gasteiger partial charge on any atom is 0.0235 e. The summed E-state index contributed by atoms with van der Waals surface area (Å²) in [6.45, 7) is 5.16. The zero-order valence-electron chi connectivity index (χ0n) is 11.0. The van der Waals surface area contributed by atoms with Gasteiger partial charge in [-0.3, -0.25) is 9.80 Å². The molecule has 2 aliphatic heterocycles. The first-order chi connectivity index (χ1) is 8.33. The zero-order valence-corrected chi connectivity index (χ0v) is 11.0. The molecule has 2 saturated heterocycles. The summed E-state index contributed by atoms with van der Waals surface area (Å²) >= 11 is 0. The minimum absolute atomic E-state index is 0.471. The summed E-state index contributed by atoms with van der Waals surface area (Å²) in [4.78, 5) is 5.48. The number of rotatable bonds is 2. The second kappa shape index (κ2) is 5.25. The van der Waals surface area contributed by atoms with E-state index in [1.165, 1.54) is 71.1 Å². The molecule has 1 unspecified atom stereocenters. The van der Waals surface area contributed by atoms with Crippen LogP contribution < -0.4 is 5.73 Å². The molecule has 2 N–H and O–H groups in total. The zero-order chi connectivity index (χ0) is 11.7. The van der Waals surface area contributed by atoms with E-state index in [1.807, 2.05) is 0 Å². The smallest absolute Gasteiger partial charge is 0.0235 e. The largest absolute Gasteiger partial charge is 0.328 e. The highest BCUT2D eigenvalue weighted by atomic mass is 15.3. The first-order valence-corrected chi connectivity index (χ1v) is 7.56. The summed E-state index contributed by atoms with van der Waals surface area (Å²) in [6.07, 6.45) is 9.65. The Bertz CT molecular complexity index is 242. The van der Waals surface area contributed by atoms with E-state index >= 15 is 0 Å². The summed E-state index contributed by atoms with van der Waals surface area (Å²) in [5.74, 6) is 0. The molecule has 3 heteroatoms. The monoisotopic (exact) mass is 237 g/mol. The van der Waals surface area contributed by atoms with Gasteiger partial charge in [-0.2, -0.15) is 0 Å². The van der Waals surface area contributed by atoms with Gasteiger partial charge in [0.1, 0.15) is 0 Å². The lowest BCUT2D eigenvalue weighted by Gasteiger charge is -2.35. The second-order valence-corrected chi connectivity index (χ2v) is 6.25. The predicted molar refractivity (Wildman–Crippen MR) is 71.0 cm³/mol. The van der Waals surface area contributed by atoms with E-state index in [0.29, 0.717) is 6.04 Å². The fourth-order valence-corrected chi connectivity index (χ4v) is 3.95. The molecule has 0 aromatic carbocycles. The molecule has 17 heavy (non-hydrogen) atoms. The van der Waals surface area contributed by atoms with E-state index in [0.717, 1.165) is 12.1 Å². The Morgan fingerprint density at radius 2 is 1.35 bits per heavy atom. The molecule has 1 aliphatic carbocycles. The fourth-order valence-electron chi connectivity index (χ4n) is 3.95. The van der Waals surface area contributed by atoms with Gasteiger partial charge < -0.3 is 5.73 Å². The third kappa shape index (κ3) is 2.67. The molecule has 0 radical (unpaired) electrons. The maximum atomic E-state index is 5.99. The summed E-state index contributed by atoms with van der Waals surface area (Å²) < 4.78 is 0. The van der Waals surface area contributed by atoms with Gasteiger partial charge in [-0.1, -0.05) is 12.8 Å². The van der Waals surface area contributed by atoms with Gasteiger partial charge in [0.15, 0.2) is 0 Å². The molecule has 98 valence electrons. The van der Waals surface area contributed by atoms with Gasteiger partial charge in [0, 0.05) is 31.2 Å². The van der Waals surface area contributed by atoms with Crippen LogP contribution in [-0.4, -0.2) is 54.1 Å². The number of piperidine rings is 1. The molecule has 3 fully saturated rings. The van der Waals surface area contributed by atoms with Crippen LogP contribution in [0, 0.1) is 0 Å². The van der Waals surface area contributed by atoms with Crippen molar-refractivity contribution in [2.45, 2.75) is 63.1 Å². The van der Waals surface area contributed by atoms with Crippen LogP contribution in [0.25, 0.3) is 0 Å². The molecular weight excluding hydrogens is 210 g/mol. The lowest BCUT2D eigenvalue weighted by Crippen LogP contribution is -2.46. The van der Waals surface area contributed by atoms with E-state index in [4.69, 9.17) is 5.73 Å². The third-order valence-electron chi connectivity index (χ3n) is 5.13. The Balaban J connectivity index is 1.49. The number of hydrogen-bond acceptors (Lipinski definition) is 3. The molecule has 2 heterocycles. The molecule has 1 saturated carbocycles. The average Bonchev–Trinajstić information content (AvgIpc) is 3.00. The highest BCUT2D eigenvalue weighted by Gasteiger charge is 2.33. The van der Waals surface area contributed by atoms with Gasteiger partial charge >= 0.3 is 0 Å². The van der Waals surface area contributed by atoms with Gasteiger partial charge in [0.05, 0.1) is 0 Å². The highest BCUT2D eigenvalue weighted by molar-refractivity contribution is 4.90. The van der Waals surface area contributed by atoms with Crippen LogP contribution in [0.15, 0.2) is 0 Å². The van der Waals surface area contributed by atoms with Crippen LogP contribution >= 0.6 is 0 Å². The van der Waals surface area contributed by atoms with Crippen molar-refractivity contribution in [3.8, 4) is 0 Å². The van der Waals surface area contributed by atoms with Crippen LogP contribution in [0.2, 0.25) is 0 Å². The normalized spacial score (nSPS) is 34.8. The van der Waals surface area contributed by atoms with Crippen LogP contribution in [0.4, 0.5) is 0 Å². The van der Waals surface area contributed by atoms with Crippen LogP contribution in [-0.2, 0) is 0 Å². The lowest BCUT2D eigenvalue weighted by molar-refractivity contribution is 0.144. The molecule has 3 rings (SSSR count). The van der Waals surface area contributed by atoms with Gasteiger partial charge in [0.25, 0.3) is 0 Å². The minimum atomic E-state index is 0.471. The van der Waals surface area contributed by atoms with Gasteiger partial charge in [-0.05, 0) is 45.2 Å². The SMILES string of the molecule is NC1CCN(C2CCN(C3CCCC3)C2)CC1. The summed E-state index contributed by atoms with van der Waals surface area (Å²) in [5, 5.41) is 0. The number of nitrogens with two attached hydrogens (primary N) is 1. The fraction of sp³-hybridized carbons (Fsp3) is 1.00. The van der Waals surface area contributed by atoms with E-state index < -0.39 is 0 Å². The highest BCUT2D eigenvalue weighted by Crippen LogP contribution is 2.28. The molecule has 1 atom stereocenters. The Morgan fingerprint density at radius 3 is 2.06 bits per heavy atom. The topological polar surface area (TPSA) is 32.5 Å². The Hall–Kier alpha value is -0.120. The number of nitrogens with zero attached hydrogens (tertiary/aromatic N) is 2. The van der Waals surface area contributed by atoms with Gasteiger partial charge in [-0.15, -0.1) is 0 Å². The van der Waals surface area contributed by atoms with Crippen molar-refractivity contribution in [2.24, 2.45) is 5.73 Å². The maximum absolute atomic E-state index is 5.99. The molecule has 0 bridgehead atoms. The molecule has 0 amide bonds. The number of likely N-dealkylation sites (tertiary alicyclic amines) is 2. The van der Waals surface area contributed by atoms with Crippen LogP contribution in [0.5, 0.6) is 0 Å². The van der Waals surface area contributed by atoms with Crippen LogP contribution in [0.1, 0.15) is 44.9 Å². The van der Waals surface area contributed by atoms with Crippen molar-refractivity contribution < 1.29 is 0 Å². The van der Waals surface area contributed by atoms with Gasteiger partial charge in [0.2, 0.25) is 0 Å². The molecule has 3 aliphatic rings. The van der Waals surface area contributed by atoms with Crippen molar-refractivity contribution in [1.82, 2.24) is 9.80 Å². The summed E-state index contributed by atoms with van der Waals surface area (Å²) in [5.41, 5.74) is 5.99. The third-order valence-corrected chi connectivity index (χ3v) is 5.13. The van der Waals surface area contributed by atoms with Gasteiger partial charge in [-0.25, -0.2) is 0 Å². The van der Waals surface area contributed by atoms with Crippen molar-refractivity contribution in [1.29, 1.82) is 0 Å². The first kappa shape index (κ1) is 11.9. The van der Waals surface area contributed by atoms with E-state index in [-0.39, 0.29) is 0 Å². The van der Waals surface area contributed by atoms with Crippen molar-refractivity contribution >= 4 is 0 Å². The molecule has 3 nitrogen and oxygen atoms in total. The Kier molecular flexibility index (Phi) is 3.69. The molecular formula is C14H27N3. The average molecular weight is 237 g/mol. The molecule has 0 aromatic rings. The van der Waals surface area contributed by atoms with Crippen molar-refractivity contribution in [3.05, 3.63) is 0 Å². The summed E-state index contributed by atoms with van der Waals surface area (Å²) in [6, 6.07) is 2.23. The van der Waals surface area contributed by atoms with Crippen molar-refractivity contribution in [3.63, 3.8) is 0 Å². The van der Waals surface area contributed by atoms with E-state index in [2.05, 4.69) is 9.80 Å².